The molecule has 0 bridgehead atoms. The molecule has 0 saturated heterocycles. The fraction of sp³-hybridized carbons (Fsp3) is 0.133. The van der Waals surface area contributed by atoms with E-state index in [4.69, 9.17) is 4.42 Å². The van der Waals surface area contributed by atoms with Crippen molar-refractivity contribution in [3.8, 4) is 10.8 Å². The summed E-state index contributed by atoms with van der Waals surface area (Å²) in [5.74, 6) is 0.375. The predicted octanol–water partition coefficient (Wildman–Crippen LogP) is 3.92. The van der Waals surface area contributed by atoms with E-state index in [0.29, 0.717) is 11.1 Å². The summed E-state index contributed by atoms with van der Waals surface area (Å²) in [6.45, 7) is 1.80. The van der Waals surface area contributed by atoms with Crippen LogP contribution in [0.1, 0.15) is 6.92 Å². The number of rotatable bonds is 5. The van der Waals surface area contributed by atoms with Gasteiger partial charge in [0.2, 0.25) is 5.91 Å². The lowest BCUT2D eigenvalue weighted by Crippen LogP contribution is -2.22. The number of hydrogen-bond donors (Lipinski definition) is 1. The molecular weight excluding hydrogens is 318 g/mol. The number of nitrogens with one attached hydrogen (secondary N) is 1. The van der Waals surface area contributed by atoms with Crippen molar-refractivity contribution in [2.75, 3.05) is 5.32 Å². The van der Waals surface area contributed by atoms with E-state index >= 15 is 0 Å². The maximum Gasteiger partial charge on any atom is 0.277 e. The van der Waals surface area contributed by atoms with Crippen LogP contribution in [0.2, 0.25) is 0 Å². The number of thioether (sulfide) groups is 1. The van der Waals surface area contributed by atoms with E-state index < -0.39 is 0 Å². The molecule has 1 N–H and O–H groups in total. The van der Waals surface area contributed by atoms with Gasteiger partial charge < -0.3 is 9.73 Å². The van der Waals surface area contributed by atoms with Crippen molar-refractivity contribution < 1.29 is 9.21 Å². The van der Waals surface area contributed by atoms with Crippen LogP contribution in [0.15, 0.2) is 57.5 Å². The number of anilines is 1. The third-order valence-corrected chi connectivity index (χ3v) is 4.62. The normalized spacial score (nSPS) is 12.0. The SMILES string of the molecule is CC(Sc1nnc(-c2cccs2)o1)C(=O)Nc1ccccc1. The number of carbonyl (C=O) groups excluding carboxylic acids is 1. The quantitative estimate of drug-likeness (QED) is 0.718. The molecule has 2 heterocycles. The molecule has 1 aromatic carbocycles. The summed E-state index contributed by atoms with van der Waals surface area (Å²) in [5, 5.41) is 12.8. The first-order valence-corrected chi connectivity index (χ1v) is 8.38. The summed E-state index contributed by atoms with van der Waals surface area (Å²) in [7, 11) is 0. The van der Waals surface area contributed by atoms with Gasteiger partial charge in [0.25, 0.3) is 11.1 Å². The Morgan fingerprint density at radius 3 is 2.77 bits per heavy atom. The molecule has 1 atom stereocenters. The second-order valence-electron chi connectivity index (χ2n) is 4.47. The molecule has 1 unspecified atom stereocenters. The highest BCUT2D eigenvalue weighted by Crippen LogP contribution is 2.28. The van der Waals surface area contributed by atoms with Crippen molar-refractivity contribution in [1.29, 1.82) is 0 Å². The Kier molecular flexibility index (Phi) is 4.55. The molecule has 0 aliphatic carbocycles. The number of nitrogens with zero attached hydrogens (tertiary/aromatic N) is 2. The second kappa shape index (κ2) is 6.76. The van der Waals surface area contributed by atoms with Gasteiger partial charge in [-0.2, -0.15) is 0 Å². The zero-order chi connectivity index (χ0) is 15.4. The fourth-order valence-corrected chi connectivity index (χ4v) is 3.05. The summed E-state index contributed by atoms with van der Waals surface area (Å²) >= 11 is 2.77. The largest absolute Gasteiger partial charge is 0.410 e. The molecule has 0 aliphatic rings. The first kappa shape index (κ1) is 14.8. The second-order valence-corrected chi connectivity index (χ2v) is 6.71. The summed E-state index contributed by atoms with van der Waals surface area (Å²) in [6, 6.07) is 13.2. The van der Waals surface area contributed by atoms with Crippen LogP contribution in [-0.2, 0) is 4.79 Å². The summed E-state index contributed by atoms with van der Waals surface area (Å²) in [5.41, 5.74) is 0.768. The Bertz CT molecular complexity index is 741. The van der Waals surface area contributed by atoms with Gasteiger partial charge in [0.15, 0.2) is 0 Å². The molecule has 5 nitrogen and oxygen atoms in total. The predicted molar refractivity (Wildman–Crippen MR) is 88.0 cm³/mol. The molecule has 112 valence electrons. The Hall–Kier alpha value is -2.12. The van der Waals surface area contributed by atoms with Gasteiger partial charge in [-0.1, -0.05) is 36.0 Å². The van der Waals surface area contributed by atoms with Gasteiger partial charge in [0, 0.05) is 5.69 Å². The van der Waals surface area contributed by atoms with Gasteiger partial charge in [0.1, 0.15) is 0 Å². The molecule has 0 radical (unpaired) electrons. The summed E-state index contributed by atoms with van der Waals surface area (Å²) in [4.78, 5) is 13.0. The van der Waals surface area contributed by atoms with E-state index in [0.717, 1.165) is 10.6 Å². The highest BCUT2D eigenvalue weighted by Gasteiger charge is 2.19. The maximum atomic E-state index is 12.1. The highest BCUT2D eigenvalue weighted by atomic mass is 32.2. The van der Waals surface area contributed by atoms with Gasteiger partial charge >= 0.3 is 0 Å². The zero-order valence-corrected chi connectivity index (χ0v) is 13.4. The first-order chi connectivity index (χ1) is 10.7. The molecule has 0 aliphatic heterocycles. The molecule has 7 heteroatoms. The highest BCUT2D eigenvalue weighted by molar-refractivity contribution is 8.00. The van der Waals surface area contributed by atoms with E-state index in [-0.39, 0.29) is 11.2 Å². The molecule has 0 spiro atoms. The third-order valence-electron chi connectivity index (χ3n) is 2.83. The van der Waals surface area contributed by atoms with Gasteiger partial charge in [-0.25, -0.2) is 0 Å². The lowest BCUT2D eigenvalue weighted by Gasteiger charge is -2.09. The van der Waals surface area contributed by atoms with E-state index in [1.807, 2.05) is 47.8 Å². The average molecular weight is 331 g/mol. The fourth-order valence-electron chi connectivity index (χ4n) is 1.73. The molecule has 0 fully saturated rings. The number of amides is 1. The number of hydrogen-bond acceptors (Lipinski definition) is 6. The first-order valence-electron chi connectivity index (χ1n) is 6.62. The smallest absolute Gasteiger partial charge is 0.277 e. The summed E-state index contributed by atoms with van der Waals surface area (Å²) in [6.07, 6.45) is 0. The van der Waals surface area contributed by atoms with Crippen LogP contribution in [0.25, 0.3) is 10.8 Å². The van der Waals surface area contributed by atoms with E-state index in [1.165, 1.54) is 23.1 Å². The molecule has 2 aromatic heterocycles. The molecule has 3 aromatic rings. The zero-order valence-electron chi connectivity index (χ0n) is 11.7. The van der Waals surface area contributed by atoms with Crippen molar-refractivity contribution in [2.45, 2.75) is 17.4 Å². The standard InChI is InChI=1S/C15H13N3O2S2/c1-10(13(19)16-11-6-3-2-4-7-11)22-15-18-17-14(20-15)12-8-5-9-21-12/h2-10H,1H3,(H,16,19). The van der Waals surface area contributed by atoms with Crippen molar-refractivity contribution in [2.24, 2.45) is 0 Å². The van der Waals surface area contributed by atoms with E-state index in [9.17, 15) is 4.79 Å². The van der Waals surface area contributed by atoms with Crippen LogP contribution >= 0.6 is 23.1 Å². The lowest BCUT2D eigenvalue weighted by atomic mass is 10.3. The maximum absolute atomic E-state index is 12.1. The minimum atomic E-state index is -0.336. The number of carbonyl (C=O) groups is 1. The molecule has 0 saturated carbocycles. The van der Waals surface area contributed by atoms with Gasteiger partial charge in [-0.05, 0) is 30.5 Å². The molecule has 22 heavy (non-hydrogen) atoms. The van der Waals surface area contributed by atoms with Gasteiger partial charge in [0.05, 0.1) is 10.1 Å². The van der Waals surface area contributed by atoms with Gasteiger partial charge in [-0.3, -0.25) is 4.79 Å². The Labute approximate surface area is 135 Å². The number of thiophene rings is 1. The average Bonchev–Trinajstić information content (AvgIpc) is 3.19. The molecule has 1 amide bonds. The Balaban J connectivity index is 1.62. The van der Waals surface area contributed by atoms with Crippen molar-refractivity contribution in [3.05, 3.63) is 47.8 Å². The minimum absolute atomic E-state index is 0.105. The number of aromatic nitrogens is 2. The van der Waals surface area contributed by atoms with E-state index in [2.05, 4.69) is 15.5 Å². The monoisotopic (exact) mass is 331 g/mol. The van der Waals surface area contributed by atoms with Crippen molar-refractivity contribution >= 4 is 34.7 Å². The van der Waals surface area contributed by atoms with E-state index in [1.54, 1.807) is 6.92 Å². The van der Waals surface area contributed by atoms with Crippen molar-refractivity contribution in [1.82, 2.24) is 10.2 Å². The van der Waals surface area contributed by atoms with Crippen molar-refractivity contribution in [3.63, 3.8) is 0 Å². The topological polar surface area (TPSA) is 68.0 Å². The molecule has 3 rings (SSSR count). The number of para-hydroxylation sites is 1. The number of benzene rings is 1. The van der Waals surface area contributed by atoms with Crippen LogP contribution in [0.4, 0.5) is 5.69 Å². The minimum Gasteiger partial charge on any atom is -0.410 e. The lowest BCUT2D eigenvalue weighted by molar-refractivity contribution is -0.115. The van der Waals surface area contributed by atoms with Crippen LogP contribution in [0.3, 0.4) is 0 Å². The van der Waals surface area contributed by atoms with Crippen LogP contribution in [0, 0.1) is 0 Å². The summed E-state index contributed by atoms with van der Waals surface area (Å²) < 4.78 is 5.57. The Morgan fingerprint density at radius 1 is 1.23 bits per heavy atom. The van der Waals surface area contributed by atoms with Crippen LogP contribution < -0.4 is 5.32 Å². The Morgan fingerprint density at radius 2 is 2.05 bits per heavy atom. The van der Waals surface area contributed by atoms with Crippen LogP contribution in [-0.4, -0.2) is 21.4 Å². The molecular formula is C15H13N3O2S2. The van der Waals surface area contributed by atoms with Crippen LogP contribution in [0.5, 0.6) is 0 Å². The third kappa shape index (κ3) is 3.55. The van der Waals surface area contributed by atoms with Gasteiger partial charge in [-0.15, -0.1) is 21.5 Å².